The van der Waals surface area contributed by atoms with Gasteiger partial charge in [-0.1, -0.05) is 6.07 Å². The standard InChI is InChI=1S/C23H24FN5O/c1-28(2)21-13-20(26-22(27-21)17-7-4-10-25-14-17)18-8-5-11-29(15-18)23(30)16-6-3-9-19(24)12-16/h3-4,6-7,9-10,12-14,18H,5,8,11,15H2,1-2H3. The first-order valence-corrected chi connectivity index (χ1v) is 10.0. The highest BCUT2D eigenvalue weighted by molar-refractivity contribution is 5.94. The topological polar surface area (TPSA) is 62.2 Å². The third-order valence-electron chi connectivity index (χ3n) is 5.31. The minimum atomic E-state index is -0.401. The molecule has 6 nitrogen and oxygen atoms in total. The van der Waals surface area contributed by atoms with Gasteiger partial charge in [-0.15, -0.1) is 0 Å². The lowest BCUT2D eigenvalue weighted by atomic mass is 9.93. The number of piperidine rings is 1. The third-order valence-corrected chi connectivity index (χ3v) is 5.31. The molecule has 3 aromatic rings. The first-order chi connectivity index (χ1) is 14.5. The van der Waals surface area contributed by atoms with E-state index in [0.29, 0.717) is 24.5 Å². The summed E-state index contributed by atoms with van der Waals surface area (Å²) in [4.78, 5) is 30.3. The molecule has 154 valence electrons. The summed E-state index contributed by atoms with van der Waals surface area (Å²) in [6.07, 6.45) is 5.27. The van der Waals surface area contributed by atoms with Crippen LogP contribution < -0.4 is 4.90 Å². The molecule has 0 spiro atoms. The molecule has 3 heterocycles. The molecule has 2 aromatic heterocycles. The summed E-state index contributed by atoms with van der Waals surface area (Å²) in [6.45, 7) is 1.21. The van der Waals surface area contributed by atoms with Crippen molar-refractivity contribution in [3.05, 3.63) is 71.9 Å². The average Bonchev–Trinajstić information content (AvgIpc) is 2.79. The van der Waals surface area contributed by atoms with Crippen LogP contribution in [-0.4, -0.2) is 52.9 Å². The zero-order valence-electron chi connectivity index (χ0n) is 17.1. The fourth-order valence-corrected chi connectivity index (χ4v) is 3.72. The number of anilines is 1. The predicted molar refractivity (Wildman–Crippen MR) is 114 cm³/mol. The van der Waals surface area contributed by atoms with Gasteiger partial charge < -0.3 is 9.80 Å². The number of benzene rings is 1. The molecule has 0 radical (unpaired) electrons. The van der Waals surface area contributed by atoms with E-state index in [1.165, 1.54) is 12.1 Å². The molecule has 1 aromatic carbocycles. The predicted octanol–water partition coefficient (Wildman–Crippen LogP) is 3.76. The highest BCUT2D eigenvalue weighted by atomic mass is 19.1. The van der Waals surface area contributed by atoms with Gasteiger partial charge in [0.2, 0.25) is 0 Å². The normalized spacial score (nSPS) is 16.4. The molecule has 1 aliphatic rings. The van der Waals surface area contributed by atoms with Crippen molar-refractivity contribution in [2.24, 2.45) is 0 Å². The molecular weight excluding hydrogens is 381 g/mol. The van der Waals surface area contributed by atoms with Crippen LogP contribution in [0.4, 0.5) is 10.2 Å². The van der Waals surface area contributed by atoms with E-state index in [2.05, 4.69) is 9.97 Å². The first-order valence-electron chi connectivity index (χ1n) is 10.0. The van der Waals surface area contributed by atoms with Crippen molar-refractivity contribution in [1.82, 2.24) is 19.9 Å². The number of carbonyl (C=O) groups is 1. The van der Waals surface area contributed by atoms with Gasteiger partial charge in [-0.25, -0.2) is 14.4 Å². The Bertz CT molecular complexity index is 1040. The number of nitrogens with zero attached hydrogens (tertiary/aromatic N) is 5. The maximum absolute atomic E-state index is 13.6. The highest BCUT2D eigenvalue weighted by Gasteiger charge is 2.27. The Labute approximate surface area is 175 Å². The molecule has 1 unspecified atom stereocenters. The van der Waals surface area contributed by atoms with Crippen LogP contribution >= 0.6 is 0 Å². The van der Waals surface area contributed by atoms with Crippen LogP contribution in [0.15, 0.2) is 54.9 Å². The molecule has 0 bridgehead atoms. The van der Waals surface area contributed by atoms with Crippen LogP contribution in [0, 0.1) is 5.82 Å². The van der Waals surface area contributed by atoms with Crippen molar-refractivity contribution >= 4 is 11.7 Å². The molecular formula is C23H24FN5O. The Kier molecular flexibility index (Phi) is 5.70. The molecule has 0 N–H and O–H groups in total. The maximum atomic E-state index is 13.6. The number of carbonyl (C=O) groups excluding carboxylic acids is 1. The van der Waals surface area contributed by atoms with Gasteiger partial charge in [-0.05, 0) is 43.2 Å². The summed E-state index contributed by atoms with van der Waals surface area (Å²) in [7, 11) is 3.89. The van der Waals surface area contributed by atoms with E-state index < -0.39 is 5.82 Å². The van der Waals surface area contributed by atoms with Gasteiger partial charge in [0.25, 0.3) is 5.91 Å². The molecule has 1 atom stereocenters. The van der Waals surface area contributed by atoms with E-state index in [4.69, 9.17) is 4.98 Å². The zero-order valence-corrected chi connectivity index (χ0v) is 17.1. The number of amides is 1. The van der Waals surface area contributed by atoms with E-state index in [9.17, 15) is 9.18 Å². The summed E-state index contributed by atoms with van der Waals surface area (Å²) in [5.74, 6) is 0.981. The Morgan fingerprint density at radius 3 is 2.77 bits per heavy atom. The lowest BCUT2D eigenvalue weighted by Gasteiger charge is -2.33. The smallest absolute Gasteiger partial charge is 0.253 e. The molecule has 7 heteroatoms. The highest BCUT2D eigenvalue weighted by Crippen LogP contribution is 2.30. The second kappa shape index (κ2) is 8.57. The largest absolute Gasteiger partial charge is 0.363 e. The SMILES string of the molecule is CN(C)c1cc(C2CCCN(C(=O)c3cccc(F)c3)C2)nc(-c2cccnc2)n1. The van der Waals surface area contributed by atoms with Crippen molar-refractivity contribution in [2.75, 3.05) is 32.1 Å². The van der Waals surface area contributed by atoms with E-state index in [1.54, 1.807) is 29.4 Å². The third kappa shape index (κ3) is 4.30. The summed E-state index contributed by atoms with van der Waals surface area (Å²) in [5, 5.41) is 0. The number of hydrogen-bond donors (Lipinski definition) is 0. The molecule has 30 heavy (non-hydrogen) atoms. The molecule has 1 aliphatic heterocycles. The Morgan fingerprint density at radius 1 is 1.17 bits per heavy atom. The van der Waals surface area contributed by atoms with Gasteiger partial charge in [0.05, 0.1) is 5.69 Å². The van der Waals surface area contributed by atoms with Gasteiger partial charge in [0.1, 0.15) is 11.6 Å². The van der Waals surface area contributed by atoms with Crippen molar-refractivity contribution in [3.63, 3.8) is 0 Å². The number of aromatic nitrogens is 3. The molecule has 0 aliphatic carbocycles. The van der Waals surface area contributed by atoms with Crippen molar-refractivity contribution < 1.29 is 9.18 Å². The lowest BCUT2D eigenvalue weighted by Crippen LogP contribution is -2.39. The minimum Gasteiger partial charge on any atom is -0.363 e. The quantitative estimate of drug-likeness (QED) is 0.661. The Hall–Kier alpha value is -3.35. The number of rotatable bonds is 4. The minimum absolute atomic E-state index is 0.0911. The van der Waals surface area contributed by atoms with Gasteiger partial charge >= 0.3 is 0 Å². The van der Waals surface area contributed by atoms with E-state index in [1.807, 2.05) is 37.2 Å². The average molecular weight is 405 g/mol. The van der Waals surface area contributed by atoms with Crippen molar-refractivity contribution in [2.45, 2.75) is 18.8 Å². The zero-order chi connectivity index (χ0) is 21.1. The van der Waals surface area contributed by atoms with Crippen LogP contribution in [0.1, 0.15) is 34.8 Å². The number of pyridine rings is 1. The van der Waals surface area contributed by atoms with Crippen LogP contribution in [0.2, 0.25) is 0 Å². The van der Waals surface area contributed by atoms with Crippen LogP contribution in [0.5, 0.6) is 0 Å². The molecule has 1 fully saturated rings. The summed E-state index contributed by atoms with van der Waals surface area (Å²) < 4.78 is 13.6. The molecule has 1 amide bonds. The second-order valence-corrected chi connectivity index (χ2v) is 7.71. The monoisotopic (exact) mass is 405 g/mol. The van der Waals surface area contributed by atoms with Gasteiger partial charge in [-0.2, -0.15) is 0 Å². The Morgan fingerprint density at radius 2 is 2.03 bits per heavy atom. The van der Waals surface area contributed by atoms with Crippen molar-refractivity contribution in [1.29, 1.82) is 0 Å². The lowest BCUT2D eigenvalue weighted by molar-refractivity contribution is 0.0705. The number of hydrogen-bond acceptors (Lipinski definition) is 5. The van der Waals surface area contributed by atoms with E-state index in [-0.39, 0.29) is 11.8 Å². The first kappa shape index (κ1) is 19.9. The number of halogens is 1. The fraction of sp³-hybridized carbons (Fsp3) is 0.304. The van der Waals surface area contributed by atoms with Crippen LogP contribution in [-0.2, 0) is 0 Å². The van der Waals surface area contributed by atoms with E-state index in [0.717, 1.165) is 29.9 Å². The summed E-state index contributed by atoms with van der Waals surface area (Å²) >= 11 is 0. The number of likely N-dealkylation sites (tertiary alicyclic amines) is 1. The molecule has 1 saturated heterocycles. The fourth-order valence-electron chi connectivity index (χ4n) is 3.72. The molecule has 4 rings (SSSR count). The van der Waals surface area contributed by atoms with E-state index >= 15 is 0 Å². The summed E-state index contributed by atoms with van der Waals surface area (Å²) in [6, 6.07) is 11.6. The van der Waals surface area contributed by atoms with Crippen LogP contribution in [0.3, 0.4) is 0 Å². The maximum Gasteiger partial charge on any atom is 0.253 e. The summed E-state index contributed by atoms with van der Waals surface area (Å²) in [5.41, 5.74) is 2.14. The van der Waals surface area contributed by atoms with Gasteiger partial charge in [-0.3, -0.25) is 9.78 Å². The van der Waals surface area contributed by atoms with Gasteiger partial charge in [0.15, 0.2) is 5.82 Å². The second-order valence-electron chi connectivity index (χ2n) is 7.71. The van der Waals surface area contributed by atoms with Gasteiger partial charge in [0, 0.05) is 62.7 Å². The Balaban J connectivity index is 1.63. The van der Waals surface area contributed by atoms with Crippen molar-refractivity contribution in [3.8, 4) is 11.4 Å². The van der Waals surface area contributed by atoms with Crippen LogP contribution in [0.25, 0.3) is 11.4 Å². The molecule has 0 saturated carbocycles.